The predicted octanol–water partition coefficient (Wildman–Crippen LogP) is 2.99. The number of amidine groups is 1. The first-order valence-electron chi connectivity index (χ1n) is 6.11. The SMILES string of the molecule is Cl.N=C(N)c1ccc(OCCOc2ccccc2)c(F)c1. The smallest absolute Gasteiger partial charge is 0.165 e. The summed E-state index contributed by atoms with van der Waals surface area (Å²) >= 11 is 0. The molecule has 0 saturated heterocycles. The van der Waals surface area contributed by atoms with E-state index in [-0.39, 0.29) is 30.6 Å². The number of hydrogen-bond acceptors (Lipinski definition) is 3. The van der Waals surface area contributed by atoms with Gasteiger partial charge in [0.1, 0.15) is 24.8 Å². The fourth-order valence-corrected chi connectivity index (χ4v) is 1.61. The lowest BCUT2D eigenvalue weighted by Crippen LogP contribution is -2.12. The van der Waals surface area contributed by atoms with Crippen LogP contribution in [-0.2, 0) is 0 Å². The molecule has 0 aliphatic heterocycles. The maximum absolute atomic E-state index is 13.6. The standard InChI is InChI=1S/C15H15FN2O2.ClH/c16-13-10-11(15(17)18)6-7-14(13)20-9-8-19-12-4-2-1-3-5-12;/h1-7,10H,8-9H2,(H3,17,18);1H. The molecule has 0 heterocycles. The maximum Gasteiger partial charge on any atom is 0.165 e. The minimum atomic E-state index is -0.544. The fourth-order valence-electron chi connectivity index (χ4n) is 1.61. The van der Waals surface area contributed by atoms with Crippen LogP contribution in [-0.4, -0.2) is 19.0 Å². The molecule has 112 valence electrons. The van der Waals surface area contributed by atoms with Gasteiger partial charge in [0.2, 0.25) is 0 Å². The molecule has 0 unspecified atom stereocenters. The predicted molar refractivity (Wildman–Crippen MR) is 82.1 cm³/mol. The third kappa shape index (κ3) is 4.96. The molecule has 6 heteroatoms. The van der Waals surface area contributed by atoms with Crippen LogP contribution in [0.25, 0.3) is 0 Å². The molecule has 21 heavy (non-hydrogen) atoms. The van der Waals surface area contributed by atoms with Crippen molar-refractivity contribution in [2.75, 3.05) is 13.2 Å². The number of ether oxygens (including phenoxy) is 2. The Balaban J connectivity index is 0.00000220. The first kappa shape index (κ1) is 16.8. The van der Waals surface area contributed by atoms with E-state index >= 15 is 0 Å². The van der Waals surface area contributed by atoms with Crippen molar-refractivity contribution in [3.63, 3.8) is 0 Å². The minimum Gasteiger partial charge on any atom is -0.490 e. The zero-order valence-electron chi connectivity index (χ0n) is 11.2. The molecular formula is C15H16ClFN2O2. The van der Waals surface area contributed by atoms with Crippen molar-refractivity contribution in [1.82, 2.24) is 0 Å². The maximum atomic E-state index is 13.6. The molecule has 0 fully saturated rings. The zero-order valence-corrected chi connectivity index (χ0v) is 12.0. The van der Waals surface area contributed by atoms with E-state index in [0.717, 1.165) is 5.75 Å². The second-order valence-electron chi connectivity index (χ2n) is 4.07. The number of nitrogen functional groups attached to an aromatic ring is 1. The largest absolute Gasteiger partial charge is 0.490 e. The van der Waals surface area contributed by atoms with Gasteiger partial charge in [0.15, 0.2) is 11.6 Å². The number of benzene rings is 2. The Morgan fingerprint density at radius 3 is 2.33 bits per heavy atom. The van der Waals surface area contributed by atoms with Gasteiger partial charge < -0.3 is 15.2 Å². The molecule has 0 amide bonds. The van der Waals surface area contributed by atoms with Gasteiger partial charge in [-0.25, -0.2) is 4.39 Å². The van der Waals surface area contributed by atoms with E-state index in [1.54, 1.807) is 6.07 Å². The summed E-state index contributed by atoms with van der Waals surface area (Å²) in [5.74, 6) is 0.135. The van der Waals surface area contributed by atoms with Crippen molar-refractivity contribution >= 4 is 18.2 Å². The summed E-state index contributed by atoms with van der Waals surface area (Å²) in [4.78, 5) is 0. The van der Waals surface area contributed by atoms with Crippen LogP contribution < -0.4 is 15.2 Å². The Bertz CT molecular complexity index is 593. The number of nitrogens with one attached hydrogen (secondary N) is 1. The molecule has 0 spiro atoms. The van der Waals surface area contributed by atoms with Crippen molar-refractivity contribution in [3.05, 3.63) is 59.9 Å². The van der Waals surface area contributed by atoms with E-state index in [1.165, 1.54) is 12.1 Å². The molecule has 0 aliphatic rings. The summed E-state index contributed by atoms with van der Waals surface area (Å²) in [5, 5.41) is 7.22. The summed E-state index contributed by atoms with van der Waals surface area (Å²) in [6.45, 7) is 0.545. The first-order valence-corrected chi connectivity index (χ1v) is 6.11. The molecule has 0 aromatic heterocycles. The molecule has 3 N–H and O–H groups in total. The average Bonchev–Trinajstić information content (AvgIpc) is 2.46. The Labute approximate surface area is 128 Å². The lowest BCUT2D eigenvalue weighted by atomic mass is 10.2. The van der Waals surface area contributed by atoms with Gasteiger partial charge in [0.05, 0.1) is 0 Å². The van der Waals surface area contributed by atoms with Crippen molar-refractivity contribution in [2.45, 2.75) is 0 Å². The van der Waals surface area contributed by atoms with Crippen LogP contribution in [0.2, 0.25) is 0 Å². The molecular weight excluding hydrogens is 295 g/mol. The Morgan fingerprint density at radius 2 is 1.71 bits per heavy atom. The average molecular weight is 311 g/mol. The number of hydrogen-bond donors (Lipinski definition) is 2. The third-order valence-corrected chi connectivity index (χ3v) is 2.60. The number of rotatable bonds is 6. The monoisotopic (exact) mass is 310 g/mol. The molecule has 0 bridgehead atoms. The van der Waals surface area contributed by atoms with Gasteiger partial charge >= 0.3 is 0 Å². The Morgan fingerprint density at radius 1 is 1.05 bits per heavy atom. The molecule has 2 aromatic carbocycles. The number of para-hydroxylation sites is 1. The van der Waals surface area contributed by atoms with Crippen molar-refractivity contribution in [2.24, 2.45) is 5.73 Å². The number of halogens is 2. The summed E-state index contributed by atoms with van der Waals surface area (Å²) in [6.07, 6.45) is 0. The molecule has 0 aliphatic carbocycles. The summed E-state index contributed by atoms with van der Waals surface area (Å²) < 4.78 is 24.4. The van der Waals surface area contributed by atoms with E-state index < -0.39 is 5.82 Å². The van der Waals surface area contributed by atoms with Crippen molar-refractivity contribution < 1.29 is 13.9 Å². The minimum absolute atomic E-state index is 0. The molecule has 0 saturated carbocycles. The van der Waals surface area contributed by atoms with Crippen LogP contribution in [0, 0.1) is 11.2 Å². The second-order valence-corrected chi connectivity index (χ2v) is 4.07. The van der Waals surface area contributed by atoms with Gasteiger partial charge in [-0.05, 0) is 30.3 Å². The van der Waals surface area contributed by atoms with Gasteiger partial charge in [-0.1, -0.05) is 18.2 Å². The molecule has 0 radical (unpaired) electrons. The molecule has 4 nitrogen and oxygen atoms in total. The fraction of sp³-hybridized carbons (Fsp3) is 0.133. The summed E-state index contributed by atoms with van der Waals surface area (Å²) in [7, 11) is 0. The van der Waals surface area contributed by atoms with Crippen molar-refractivity contribution in [3.8, 4) is 11.5 Å². The summed E-state index contributed by atoms with van der Waals surface area (Å²) in [5.41, 5.74) is 5.60. The van der Waals surface area contributed by atoms with E-state index in [1.807, 2.05) is 30.3 Å². The van der Waals surface area contributed by atoms with Gasteiger partial charge in [0, 0.05) is 5.56 Å². The molecule has 0 atom stereocenters. The third-order valence-electron chi connectivity index (χ3n) is 2.60. The Hall–Kier alpha value is -2.27. The topological polar surface area (TPSA) is 68.3 Å². The normalized spacial score (nSPS) is 9.57. The highest BCUT2D eigenvalue weighted by Gasteiger charge is 2.06. The van der Waals surface area contributed by atoms with E-state index in [4.69, 9.17) is 20.6 Å². The van der Waals surface area contributed by atoms with Gasteiger partial charge in [0.25, 0.3) is 0 Å². The highest BCUT2D eigenvalue weighted by molar-refractivity contribution is 5.95. The van der Waals surface area contributed by atoms with Crippen LogP contribution in [0.3, 0.4) is 0 Å². The highest BCUT2D eigenvalue weighted by Crippen LogP contribution is 2.18. The van der Waals surface area contributed by atoms with Gasteiger partial charge in [-0.3, -0.25) is 5.41 Å². The van der Waals surface area contributed by atoms with E-state index in [9.17, 15) is 4.39 Å². The van der Waals surface area contributed by atoms with Gasteiger partial charge in [-0.2, -0.15) is 0 Å². The molecule has 2 aromatic rings. The number of nitrogens with two attached hydrogens (primary N) is 1. The van der Waals surface area contributed by atoms with Crippen LogP contribution in [0.5, 0.6) is 11.5 Å². The highest BCUT2D eigenvalue weighted by atomic mass is 35.5. The van der Waals surface area contributed by atoms with Crippen LogP contribution in [0.15, 0.2) is 48.5 Å². The Kier molecular flexibility index (Phi) is 6.49. The quantitative estimate of drug-likeness (QED) is 0.489. The summed E-state index contributed by atoms with van der Waals surface area (Å²) in [6, 6.07) is 13.5. The van der Waals surface area contributed by atoms with Gasteiger partial charge in [-0.15, -0.1) is 12.4 Å². The zero-order chi connectivity index (χ0) is 14.4. The lowest BCUT2D eigenvalue weighted by molar-refractivity contribution is 0.211. The first-order chi connectivity index (χ1) is 9.66. The molecule has 2 rings (SSSR count). The van der Waals surface area contributed by atoms with E-state index in [2.05, 4.69) is 0 Å². The van der Waals surface area contributed by atoms with Crippen LogP contribution >= 0.6 is 12.4 Å². The van der Waals surface area contributed by atoms with Crippen LogP contribution in [0.4, 0.5) is 4.39 Å². The van der Waals surface area contributed by atoms with Crippen LogP contribution in [0.1, 0.15) is 5.56 Å². The van der Waals surface area contributed by atoms with Crippen molar-refractivity contribution in [1.29, 1.82) is 5.41 Å². The lowest BCUT2D eigenvalue weighted by Gasteiger charge is -2.09. The van der Waals surface area contributed by atoms with E-state index in [0.29, 0.717) is 12.2 Å². The second kappa shape index (κ2) is 8.11.